The highest BCUT2D eigenvalue weighted by Gasteiger charge is 2.36. The number of aromatic nitrogens is 3. The molecule has 1 aromatic heterocycles. The Bertz CT molecular complexity index is 1070. The molecule has 0 saturated heterocycles. The third-order valence-corrected chi connectivity index (χ3v) is 5.17. The van der Waals surface area contributed by atoms with Gasteiger partial charge in [-0.3, -0.25) is 9.36 Å². The highest BCUT2D eigenvalue weighted by Crippen LogP contribution is 2.32. The minimum atomic E-state index is -0.437. The van der Waals surface area contributed by atoms with Crippen LogP contribution < -0.4 is 10.4 Å². The lowest BCUT2D eigenvalue weighted by atomic mass is 10.0. The van der Waals surface area contributed by atoms with Gasteiger partial charge in [0, 0.05) is 19.6 Å². The van der Waals surface area contributed by atoms with E-state index in [4.69, 9.17) is 4.74 Å². The zero-order chi connectivity index (χ0) is 20.4. The van der Waals surface area contributed by atoms with E-state index in [1.54, 1.807) is 21.6 Å². The van der Waals surface area contributed by atoms with E-state index in [2.05, 4.69) is 5.10 Å². The maximum absolute atomic E-state index is 13.6. The van der Waals surface area contributed by atoms with Crippen LogP contribution in [0.1, 0.15) is 41.6 Å². The van der Waals surface area contributed by atoms with Gasteiger partial charge < -0.3 is 9.64 Å². The molecule has 0 spiro atoms. The van der Waals surface area contributed by atoms with Crippen molar-refractivity contribution in [2.45, 2.75) is 33.0 Å². The molecule has 1 aliphatic heterocycles. The van der Waals surface area contributed by atoms with Crippen LogP contribution in [0.5, 0.6) is 5.75 Å². The van der Waals surface area contributed by atoms with E-state index in [1.165, 1.54) is 4.68 Å². The summed E-state index contributed by atoms with van der Waals surface area (Å²) in [4.78, 5) is 28.0. The standard InChI is InChI=1S/C22H24N4O3/c1-3-26-22(28)25-15-14-24(19(20(25)23-26)16-10-6-5-7-11-16)21(27)17-12-8-9-13-18(17)29-4-2/h5-13,19H,3-4,14-15H2,1-2H3. The SMILES string of the molecule is CCOc1ccccc1C(=O)N1CCn2c(nn(CC)c2=O)C1c1ccccc1. The number of aryl methyl sites for hydroxylation is 1. The summed E-state index contributed by atoms with van der Waals surface area (Å²) in [5.74, 6) is 1.03. The summed E-state index contributed by atoms with van der Waals surface area (Å²) in [5, 5.41) is 4.55. The van der Waals surface area contributed by atoms with Crippen LogP contribution in [0.2, 0.25) is 0 Å². The number of hydrogen-bond acceptors (Lipinski definition) is 4. The summed E-state index contributed by atoms with van der Waals surface area (Å²) >= 11 is 0. The summed E-state index contributed by atoms with van der Waals surface area (Å²) in [7, 11) is 0. The van der Waals surface area contributed by atoms with Crippen molar-refractivity contribution in [2.24, 2.45) is 0 Å². The lowest BCUT2D eigenvalue weighted by Gasteiger charge is -2.35. The molecular formula is C22H24N4O3. The lowest BCUT2D eigenvalue weighted by molar-refractivity contribution is 0.0653. The summed E-state index contributed by atoms with van der Waals surface area (Å²) < 4.78 is 8.81. The normalized spacial score (nSPS) is 15.8. The Morgan fingerprint density at radius 1 is 1.07 bits per heavy atom. The molecule has 4 rings (SSSR count). The smallest absolute Gasteiger partial charge is 0.346 e. The van der Waals surface area contributed by atoms with Gasteiger partial charge in [0.25, 0.3) is 5.91 Å². The molecule has 0 bridgehead atoms. The highest BCUT2D eigenvalue weighted by molar-refractivity contribution is 5.97. The Kier molecular flexibility index (Phi) is 5.20. The molecule has 0 radical (unpaired) electrons. The first-order chi connectivity index (χ1) is 14.2. The van der Waals surface area contributed by atoms with Crippen LogP contribution in [0.15, 0.2) is 59.4 Å². The van der Waals surface area contributed by atoms with Gasteiger partial charge in [-0.1, -0.05) is 42.5 Å². The Morgan fingerprint density at radius 3 is 2.52 bits per heavy atom. The molecule has 0 fully saturated rings. The average molecular weight is 392 g/mol. The third-order valence-electron chi connectivity index (χ3n) is 5.17. The van der Waals surface area contributed by atoms with Crippen LogP contribution in [0.25, 0.3) is 0 Å². The van der Waals surface area contributed by atoms with Crippen LogP contribution in [-0.2, 0) is 13.1 Å². The number of hydrogen-bond donors (Lipinski definition) is 0. The average Bonchev–Trinajstić information content (AvgIpc) is 3.09. The number of nitrogens with zero attached hydrogens (tertiary/aromatic N) is 4. The van der Waals surface area contributed by atoms with E-state index >= 15 is 0 Å². The molecule has 3 aromatic rings. The van der Waals surface area contributed by atoms with Crippen LogP contribution >= 0.6 is 0 Å². The first kappa shape index (κ1) is 19.0. The minimum Gasteiger partial charge on any atom is -0.493 e. The molecule has 0 N–H and O–H groups in total. The topological polar surface area (TPSA) is 69.4 Å². The van der Waals surface area contributed by atoms with Gasteiger partial charge in [0.1, 0.15) is 11.8 Å². The summed E-state index contributed by atoms with van der Waals surface area (Å²) in [6, 6.07) is 16.6. The second-order valence-corrected chi connectivity index (χ2v) is 6.85. The van der Waals surface area contributed by atoms with Crippen molar-refractivity contribution in [1.29, 1.82) is 0 Å². The number of amides is 1. The van der Waals surface area contributed by atoms with E-state index in [0.717, 1.165) is 5.56 Å². The maximum atomic E-state index is 13.6. The molecule has 1 amide bonds. The minimum absolute atomic E-state index is 0.132. The Hall–Kier alpha value is -3.35. The van der Waals surface area contributed by atoms with Gasteiger partial charge in [0.2, 0.25) is 0 Å². The van der Waals surface area contributed by atoms with Crippen LogP contribution in [-0.4, -0.2) is 38.3 Å². The molecule has 29 heavy (non-hydrogen) atoms. The third kappa shape index (κ3) is 3.33. The van der Waals surface area contributed by atoms with Gasteiger partial charge in [-0.15, -0.1) is 0 Å². The molecule has 150 valence electrons. The van der Waals surface area contributed by atoms with Crippen LogP contribution in [0.4, 0.5) is 0 Å². The summed E-state index contributed by atoms with van der Waals surface area (Å²) in [5.41, 5.74) is 1.30. The molecule has 0 aliphatic carbocycles. The first-order valence-electron chi connectivity index (χ1n) is 9.91. The second kappa shape index (κ2) is 7.95. The van der Waals surface area contributed by atoms with Gasteiger partial charge in [-0.05, 0) is 31.5 Å². The predicted molar refractivity (Wildman–Crippen MR) is 109 cm³/mol. The van der Waals surface area contributed by atoms with Gasteiger partial charge in [-0.25, -0.2) is 9.48 Å². The number of para-hydroxylation sites is 1. The molecule has 1 unspecified atom stereocenters. The van der Waals surface area contributed by atoms with Gasteiger partial charge in [0.15, 0.2) is 5.82 Å². The number of rotatable bonds is 5. The summed E-state index contributed by atoms with van der Waals surface area (Å²) in [6.07, 6.45) is 0. The molecule has 7 nitrogen and oxygen atoms in total. The molecule has 1 atom stereocenters. The quantitative estimate of drug-likeness (QED) is 0.670. The van der Waals surface area contributed by atoms with Crippen molar-refractivity contribution in [3.63, 3.8) is 0 Å². The van der Waals surface area contributed by atoms with E-state index < -0.39 is 6.04 Å². The van der Waals surface area contributed by atoms with Crippen molar-refractivity contribution < 1.29 is 9.53 Å². The van der Waals surface area contributed by atoms with Gasteiger partial charge >= 0.3 is 5.69 Å². The number of benzene rings is 2. The van der Waals surface area contributed by atoms with Gasteiger partial charge in [-0.2, -0.15) is 5.10 Å². The fourth-order valence-corrected chi connectivity index (χ4v) is 3.81. The Balaban J connectivity index is 1.82. The Morgan fingerprint density at radius 2 is 1.79 bits per heavy atom. The molecule has 2 heterocycles. The molecule has 7 heteroatoms. The van der Waals surface area contributed by atoms with Crippen molar-refractivity contribution in [3.8, 4) is 5.75 Å². The number of carbonyl (C=O) groups excluding carboxylic acids is 1. The number of fused-ring (bicyclic) bond motifs is 1. The van der Waals surface area contributed by atoms with E-state index in [1.807, 2.05) is 56.3 Å². The molecular weight excluding hydrogens is 368 g/mol. The molecule has 0 saturated carbocycles. The maximum Gasteiger partial charge on any atom is 0.346 e. The first-order valence-corrected chi connectivity index (χ1v) is 9.91. The number of ether oxygens (including phenoxy) is 1. The molecule has 2 aromatic carbocycles. The van der Waals surface area contributed by atoms with E-state index in [9.17, 15) is 9.59 Å². The van der Waals surface area contributed by atoms with Crippen molar-refractivity contribution in [3.05, 3.63) is 82.0 Å². The van der Waals surface area contributed by atoms with E-state index in [-0.39, 0.29) is 11.6 Å². The van der Waals surface area contributed by atoms with Crippen molar-refractivity contribution >= 4 is 5.91 Å². The fraction of sp³-hybridized carbons (Fsp3) is 0.318. The highest BCUT2D eigenvalue weighted by atomic mass is 16.5. The van der Waals surface area contributed by atoms with Crippen LogP contribution in [0, 0.1) is 0 Å². The van der Waals surface area contributed by atoms with Crippen LogP contribution in [0.3, 0.4) is 0 Å². The van der Waals surface area contributed by atoms with Crippen molar-refractivity contribution in [2.75, 3.05) is 13.2 Å². The zero-order valence-electron chi connectivity index (χ0n) is 16.6. The zero-order valence-corrected chi connectivity index (χ0v) is 16.6. The summed E-state index contributed by atoms with van der Waals surface area (Å²) in [6.45, 7) is 5.58. The monoisotopic (exact) mass is 392 g/mol. The van der Waals surface area contributed by atoms with E-state index in [0.29, 0.717) is 43.4 Å². The lowest BCUT2D eigenvalue weighted by Crippen LogP contribution is -2.44. The second-order valence-electron chi connectivity index (χ2n) is 6.85. The fourth-order valence-electron chi connectivity index (χ4n) is 3.81. The number of carbonyl (C=O) groups is 1. The molecule has 1 aliphatic rings. The largest absolute Gasteiger partial charge is 0.493 e. The predicted octanol–water partition coefficient (Wildman–Crippen LogP) is 2.71. The van der Waals surface area contributed by atoms with Gasteiger partial charge in [0.05, 0.1) is 12.2 Å². The van der Waals surface area contributed by atoms with Crippen molar-refractivity contribution in [1.82, 2.24) is 19.2 Å². The Labute approximate surface area is 169 Å².